The standard InChI is InChI=1S/C13H21NO/c1-4-5-6-7-11(2)14-10-13-9-8-12(3)15-13/h4,8-9,11,14H,1,5-7,10H2,2-3H3. The van der Waals surface area contributed by atoms with E-state index >= 15 is 0 Å². The second-order valence-corrected chi connectivity index (χ2v) is 4.01. The van der Waals surface area contributed by atoms with E-state index in [0.717, 1.165) is 24.5 Å². The van der Waals surface area contributed by atoms with Crippen LogP contribution in [0.15, 0.2) is 29.2 Å². The Morgan fingerprint density at radius 1 is 1.53 bits per heavy atom. The zero-order chi connectivity index (χ0) is 11.1. The molecule has 0 aliphatic carbocycles. The van der Waals surface area contributed by atoms with Crippen molar-refractivity contribution in [3.05, 3.63) is 36.3 Å². The fourth-order valence-corrected chi connectivity index (χ4v) is 1.53. The van der Waals surface area contributed by atoms with Crippen molar-refractivity contribution in [3.8, 4) is 0 Å². The van der Waals surface area contributed by atoms with Crippen molar-refractivity contribution < 1.29 is 4.42 Å². The number of allylic oxidation sites excluding steroid dienone is 1. The molecule has 0 aromatic carbocycles. The van der Waals surface area contributed by atoms with Gasteiger partial charge in [0.05, 0.1) is 6.54 Å². The van der Waals surface area contributed by atoms with Gasteiger partial charge in [0.2, 0.25) is 0 Å². The summed E-state index contributed by atoms with van der Waals surface area (Å²) in [6.07, 6.45) is 5.47. The molecule has 1 unspecified atom stereocenters. The van der Waals surface area contributed by atoms with Gasteiger partial charge in [0, 0.05) is 6.04 Å². The van der Waals surface area contributed by atoms with Gasteiger partial charge in [-0.2, -0.15) is 0 Å². The second-order valence-electron chi connectivity index (χ2n) is 4.01. The van der Waals surface area contributed by atoms with Crippen LogP contribution >= 0.6 is 0 Å². The van der Waals surface area contributed by atoms with Gasteiger partial charge in [0.25, 0.3) is 0 Å². The number of aryl methyl sites for hydroxylation is 1. The molecule has 0 aliphatic rings. The first-order valence-electron chi connectivity index (χ1n) is 5.62. The summed E-state index contributed by atoms with van der Waals surface area (Å²) >= 11 is 0. The van der Waals surface area contributed by atoms with Crippen LogP contribution in [-0.2, 0) is 6.54 Å². The molecule has 84 valence electrons. The van der Waals surface area contributed by atoms with Crippen molar-refractivity contribution >= 4 is 0 Å². The Hall–Kier alpha value is -1.02. The molecule has 0 saturated carbocycles. The van der Waals surface area contributed by atoms with Crippen LogP contribution < -0.4 is 5.32 Å². The maximum atomic E-state index is 5.48. The van der Waals surface area contributed by atoms with E-state index in [-0.39, 0.29) is 0 Å². The highest BCUT2D eigenvalue weighted by molar-refractivity contribution is 5.05. The molecule has 0 radical (unpaired) electrons. The van der Waals surface area contributed by atoms with Gasteiger partial charge < -0.3 is 9.73 Å². The lowest BCUT2D eigenvalue weighted by atomic mass is 10.1. The number of rotatable bonds is 7. The van der Waals surface area contributed by atoms with E-state index in [1.807, 2.05) is 25.1 Å². The Balaban J connectivity index is 2.16. The predicted molar refractivity (Wildman–Crippen MR) is 63.8 cm³/mol. The summed E-state index contributed by atoms with van der Waals surface area (Å²) in [5.74, 6) is 1.99. The van der Waals surface area contributed by atoms with Gasteiger partial charge in [-0.05, 0) is 45.2 Å². The Morgan fingerprint density at radius 3 is 2.93 bits per heavy atom. The molecule has 1 heterocycles. The molecule has 2 nitrogen and oxygen atoms in total. The van der Waals surface area contributed by atoms with Crippen LogP contribution in [0.3, 0.4) is 0 Å². The van der Waals surface area contributed by atoms with Gasteiger partial charge in [0.15, 0.2) is 0 Å². The van der Waals surface area contributed by atoms with Crippen LogP contribution in [-0.4, -0.2) is 6.04 Å². The zero-order valence-corrected chi connectivity index (χ0v) is 9.75. The summed E-state index contributed by atoms with van der Waals surface area (Å²) in [7, 11) is 0. The largest absolute Gasteiger partial charge is 0.465 e. The highest BCUT2D eigenvalue weighted by atomic mass is 16.3. The third-order valence-corrected chi connectivity index (χ3v) is 2.47. The lowest BCUT2D eigenvalue weighted by Crippen LogP contribution is -2.25. The Morgan fingerprint density at radius 2 is 2.33 bits per heavy atom. The van der Waals surface area contributed by atoms with Crippen molar-refractivity contribution in [2.75, 3.05) is 0 Å². The normalized spacial score (nSPS) is 12.7. The molecule has 0 spiro atoms. The van der Waals surface area contributed by atoms with Crippen molar-refractivity contribution in [1.29, 1.82) is 0 Å². The van der Waals surface area contributed by atoms with Gasteiger partial charge in [-0.1, -0.05) is 6.08 Å². The lowest BCUT2D eigenvalue weighted by Gasteiger charge is -2.11. The van der Waals surface area contributed by atoms with Crippen LogP contribution in [0.4, 0.5) is 0 Å². The van der Waals surface area contributed by atoms with Gasteiger partial charge in [-0.15, -0.1) is 6.58 Å². The maximum absolute atomic E-state index is 5.48. The van der Waals surface area contributed by atoms with Crippen LogP contribution in [0.25, 0.3) is 0 Å². The van der Waals surface area contributed by atoms with Crippen molar-refractivity contribution in [2.24, 2.45) is 0 Å². The maximum Gasteiger partial charge on any atom is 0.117 e. The minimum Gasteiger partial charge on any atom is -0.465 e. The van der Waals surface area contributed by atoms with Crippen molar-refractivity contribution in [2.45, 2.75) is 45.7 Å². The highest BCUT2D eigenvalue weighted by Gasteiger charge is 2.02. The average molecular weight is 207 g/mol. The first-order chi connectivity index (χ1) is 7.22. The molecule has 15 heavy (non-hydrogen) atoms. The fraction of sp³-hybridized carbons (Fsp3) is 0.538. The van der Waals surface area contributed by atoms with E-state index < -0.39 is 0 Å². The molecule has 1 N–H and O–H groups in total. The average Bonchev–Trinajstić information content (AvgIpc) is 2.62. The Labute approximate surface area is 92.4 Å². The molecule has 1 aromatic heterocycles. The van der Waals surface area contributed by atoms with E-state index in [1.54, 1.807) is 0 Å². The number of furan rings is 1. The summed E-state index contributed by atoms with van der Waals surface area (Å²) in [6.45, 7) is 8.72. The van der Waals surface area contributed by atoms with Gasteiger partial charge in [-0.25, -0.2) is 0 Å². The summed E-state index contributed by atoms with van der Waals surface area (Å²) in [6, 6.07) is 4.56. The summed E-state index contributed by atoms with van der Waals surface area (Å²) in [4.78, 5) is 0. The van der Waals surface area contributed by atoms with E-state index in [0.29, 0.717) is 6.04 Å². The quantitative estimate of drug-likeness (QED) is 0.547. The van der Waals surface area contributed by atoms with Crippen LogP contribution in [0.5, 0.6) is 0 Å². The summed E-state index contributed by atoms with van der Waals surface area (Å²) in [5.41, 5.74) is 0. The number of hydrogen-bond acceptors (Lipinski definition) is 2. The summed E-state index contributed by atoms with van der Waals surface area (Å²) < 4.78 is 5.48. The van der Waals surface area contributed by atoms with E-state index in [4.69, 9.17) is 4.42 Å². The van der Waals surface area contributed by atoms with E-state index in [2.05, 4.69) is 18.8 Å². The minimum absolute atomic E-state index is 0.537. The van der Waals surface area contributed by atoms with Gasteiger partial charge in [0.1, 0.15) is 11.5 Å². The molecule has 0 amide bonds. The Kier molecular flexibility index (Phi) is 5.19. The van der Waals surface area contributed by atoms with Crippen molar-refractivity contribution in [1.82, 2.24) is 5.32 Å². The fourth-order valence-electron chi connectivity index (χ4n) is 1.53. The number of hydrogen-bond donors (Lipinski definition) is 1. The monoisotopic (exact) mass is 207 g/mol. The molecule has 0 bridgehead atoms. The highest BCUT2D eigenvalue weighted by Crippen LogP contribution is 2.07. The topological polar surface area (TPSA) is 25.2 Å². The van der Waals surface area contributed by atoms with Gasteiger partial charge >= 0.3 is 0 Å². The second kappa shape index (κ2) is 6.46. The molecule has 0 aliphatic heterocycles. The zero-order valence-electron chi connectivity index (χ0n) is 9.75. The molecule has 1 rings (SSSR count). The molecule has 0 saturated heterocycles. The lowest BCUT2D eigenvalue weighted by molar-refractivity contribution is 0.427. The molecular weight excluding hydrogens is 186 g/mol. The first kappa shape index (κ1) is 12.1. The van der Waals surface area contributed by atoms with E-state index in [9.17, 15) is 0 Å². The predicted octanol–water partition coefficient (Wildman–Crippen LogP) is 3.42. The SMILES string of the molecule is C=CCCCC(C)NCc1ccc(C)o1. The molecule has 1 aromatic rings. The molecular formula is C13H21NO. The van der Waals surface area contributed by atoms with Crippen LogP contribution in [0.2, 0.25) is 0 Å². The Bertz CT molecular complexity index is 290. The van der Waals surface area contributed by atoms with Crippen LogP contribution in [0, 0.1) is 6.92 Å². The number of unbranched alkanes of at least 4 members (excludes halogenated alkanes) is 1. The number of nitrogens with one attached hydrogen (secondary N) is 1. The minimum atomic E-state index is 0.537. The smallest absolute Gasteiger partial charge is 0.117 e. The third-order valence-electron chi connectivity index (χ3n) is 2.47. The molecule has 2 heteroatoms. The summed E-state index contributed by atoms with van der Waals surface area (Å²) in [5, 5.41) is 3.44. The molecule has 0 fully saturated rings. The van der Waals surface area contributed by atoms with Crippen LogP contribution in [0.1, 0.15) is 37.7 Å². The molecule has 1 atom stereocenters. The van der Waals surface area contributed by atoms with Crippen molar-refractivity contribution in [3.63, 3.8) is 0 Å². The van der Waals surface area contributed by atoms with E-state index in [1.165, 1.54) is 12.8 Å². The third kappa shape index (κ3) is 4.84. The first-order valence-corrected chi connectivity index (χ1v) is 5.62. The van der Waals surface area contributed by atoms with Gasteiger partial charge in [-0.3, -0.25) is 0 Å².